The van der Waals surface area contributed by atoms with Gasteiger partial charge in [0, 0.05) is 33.1 Å². The van der Waals surface area contributed by atoms with Crippen LogP contribution in [-0.2, 0) is 20.4 Å². The van der Waals surface area contributed by atoms with Gasteiger partial charge < -0.3 is 10.2 Å². The highest BCUT2D eigenvalue weighted by molar-refractivity contribution is 6.00. The number of nitrogens with zero attached hydrogens (tertiary/aromatic N) is 2. The largest absolute Gasteiger partial charge is 0.481 e. The molecule has 55 heavy (non-hydrogen) atoms. The van der Waals surface area contributed by atoms with Gasteiger partial charge in [-0.1, -0.05) is 107 Å². The maximum Gasteiger partial charge on any atom is 0.306 e. The first-order valence-electron chi connectivity index (χ1n) is 19.3. The molecule has 2 heterocycles. The molecular weight excluding hydrogens is 681 g/mol. The van der Waals surface area contributed by atoms with Crippen molar-refractivity contribution in [1.29, 1.82) is 0 Å². The lowest BCUT2D eigenvalue weighted by Crippen LogP contribution is -2.45. The van der Waals surface area contributed by atoms with Crippen LogP contribution in [0.25, 0.3) is 49.4 Å². The lowest BCUT2D eigenvalue weighted by atomic mass is 9.54. The van der Waals surface area contributed by atoms with Gasteiger partial charge in [0.25, 0.3) is 0 Å². The molecule has 0 saturated heterocycles. The number of rotatable bonds is 9. The Labute approximate surface area is 322 Å². The number of hydrogen-bond acceptors (Lipinski definition) is 4. The molecule has 1 aliphatic heterocycles. The van der Waals surface area contributed by atoms with Crippen molar-refractivity contribution in [1.82, 2.24) is 4.98 Å². The number of pyridine rings is 1. The van der Waals surface area contributed by atoms with E-state index in [1.807, 2.05) is 42.5 Å². The van der Waals surface area contributed by atoms with Crippen molar-refractivity contribution >= 4 is 55.8 Å². The molecule has 5 aromatic carbocycles. The Morgan fingerprint density at radius 1 is 0.727 bits per heavy atom. The Kier molecular flexibility index (Phi) is 9.03. The Morgan fingerprint density at radius 3 is 1.87 bits per heavy atom. The summed E-state index contributed by atoms with van der Waals surface area (Å²) < 4.78 is 0. The Hall–Kier alpha value is -5.88. The fourth-order valence-electron chi connectivity index (χ4n) is 9.60. The molecule has 0 radical (unpaired) electrons. The normalized spacial score (nSPS) is 23.1. The van der Waals surface area contributed by atoms with Gasteiger partial charge in [0.1, 0.15) is 0 Å². The molecule has 0 bridgehead atoms. The SMILES string of the molecule is C=C1/N=C(CC)/C=C\C(C)C(CC(C)C(=O)O)(CC2(CC(C)C(=O)O)c3cc4ccccc4cc3-c3nc4ccccc4cc32)c2cc3ccccc3cc21. The first-order valence-corrected chi connectivity index (χ1v) is 19.3. The third kappa shape index (κ3) is 6.05. The van der Waals surface area contributed by atoms with Gasteiger partial charge in [-0.05, 0) is 112 Å². The summed E-state index contributed by atoms with van der Waals surface area (Å²) in [5.41, 5.74) is 6.38. The highest BCUT2D eigenvalue weighted by Crippen LogP contribution is 2.61. The van der Waals surface area contributed by atoms with Crippen LogP contribution in [0.15, 0.2) is 127 Å². The van der Waals surface area contributed by atoms with Crippen molar-refractivity contribution in [2.45, 2.75) is 64.2 Å². The number of carbonyl (C=O) groups is 2. The summed E-state index contributed by atoms with van der Waals surface area (Å²) in [7, 11) is 0. The highest BCUT2D eigenvalue weighted by Gasteiger charge is 2.54. The molecule has 2 N–H and O–H groups in total. The van der Waals surface area contributed by atoms with E-state index in [1.165, 1.54) is 0 Å². The first kappa shape index (κ1) is 36.1. The summed E-state index contributed by atoms with van der Waals surface area (Å²) >= 11 is 0. The number of benzene rings is 5. The Bertz CT molecular complexity index is 2530. The van der Waals surface area contributed by atoms with Crippen LogP contribution in [0.5, 0.6) is 0 Å². The van der Waals surface area contributed by atoms with E-state index in [2.05, 4.69) is 93.2 Å². The zero-order valence-electron chi connectivity index (χ0n) is 31.8. The zero-order valence-corrected chi connectivity index (χ0v) is 31.8. The zero-order chi connectivity index (χ0) is 38.6. The Morgan fingerprint density at radius 2 is 1.25 bits per heavy atom. The van der Waals surface area contributed by atoms with Crippen LogP contribution >= 0.6 is 0 Å². The number of fused-ring (bicyclic) bond motifs is 7. The number of carboxylic acids is 2. The number of allylic oxidation sites excluding steroid dienone is 2. The van der Waals surface area contributed by atoms with Gasteiger partial charge in [-0.2, -0.15) is 0 Å². The van der Waals surface area contributed by atoms with E-state index in [1.54, 1.807) is 13.8 Å². The number of carboxylic acid groups (broad SMARTS) is 2. The number of aromatic nitrogens is 1. The van der Waals surface area contributed by atoms with E-state index in [9.17, 15) is 19.8 Å². The number of aliphatic carboxylic acids is 2. The summed E-state index contributed by atoms with van der Waals surface area (Å²) in [6.07, 6.45) is 6.00. The van der Waals surface area contributed by atoms with Gasteiger partial charge in [-0.3, -0.25) is 14.6 Å². The van der Waals surface area contributed by atoms with Gasteiger partial charge in [-0.15, -0.1) is 0 Å². The van der Waals surface area contributed by atoms with Gasteiger partial charge in [-0.25, -0.2) is 4.98 Å². The van der Waals surface area contributed by atoms with Crippen LogP contribution in [0, 0.1) is 17.8 Å². The molecule has 0 amide bonds. The van der Waals surface area contributed by atoms with E-state index >= 15 is 0 Å². The topological polar surface area (TPSA) is 99.8 Å². The van der Waals surface area contributed by atoms with Crippen molar-refractivity contribution in [3.8, 4) is 11.3 Å². The molecule has 0 saturated carbocycles. The quantitative estimate of drug-likeness (QED) is 0.154. The van der Waals surface area contributed by atoms with Crippen molar-refractivity contribution in [2.24, 2.45) is 22.7 Å². The van der Waals surface area contributed by atoms with Gasteiger partial charge in [0.2, 0.25) is 0 Å². The second-order valence-corrected chi connectivity index (χ2v) is 15.9. The van der Waals surface area contributed by atoms with Crippen molar-refractivity contribution in [3.05, 3.63) is 144 Å². The summed E-state index contributed by atoms with van der Waals surface area (Å²) in [6.45, 7) is 12.4. The number of aliphatic imine (C=N–C) groups is 1. The van der Waals surface area contributed by atoms with E-state index in [0.29, 0.717) is 31.4 Å². The van der Waals surface area contributed by atoms with E-state index in [4.69, 9.17) is 9.98 Å². The molecule has 8 rings (SSSR count). The first-order chi connectivity index (χ1) is 26.4. The van der Waals surface area contributed by atoms with E-state index < -0.39 is 34.6 Å². The molecule has 1 aromatic heterocycles. The van der Waals surface area contributed by atoms with Crippen molar-refractivity contribution in [2.75, 3.05) is 0 Å². The minimum Gasteiger partial charge on any atom is -0.481 e. The summed E-state index contributed by atoms with van der Waals surface area (Å²) in [5.74, 6) is -3.40. The molecule has 0 spiro atoms. The van der Waals surface area contributed by atoms with Crippen molar-refractivity contribution in [3.63, 3.8) is 0 Å². The number of hydrogen-bond donors (Lipinski definition) is 2. The molecule has 6 nitrogen and oxygen atoms in total. The third-order valence-corrected chi connectivity index (χ3v) is 12.5. The molecule has 6 aromatic rings. The molecule has 2 aliphatic rings. The smallest absolute Gasteiger partial charge is 0.306 e. The lowest BCUT2D eigenvalue weighted by Gasteiger charge is -2.48. The fraction of sp³-hybridized carbons (Fsp3) is 0.265. The van der Waals surface area contributed by atoms with Crippen LogP contribution in [-0.4, -0.2) is 32.8 Å². The van der Waals surface area contributed by atoms with Crippen molar-refractivity contribution < 1.29 is 19.8 Å². The van der Waals surface area contributed by atoms with Crippen LogP contribution < -0.4 is 0 Å². The highest BCUT2D eigenvalue weighted by atomic mass is 16.4. The van der Waals surface area contributed by atoms with Gasteiger partial charge in [0.05, 0.1) is 28.7 Å². The molecule has 276 valence electrons. The fourth-order valence-corrected chi connectivity index (χ4v) is 9.60. The summed E-state index contributed by atoms with van der Waals surface area (Å²) in [4.78, 5) is 36.5. The Balaban J connectivity index is 1.53. The van der Waals surface area contributed by atoms with E-state index in [0.717, 1.165) is 71.7 Å². The standard InChI is InChI=1S/C49H46N2O4/c1-6-38-20-19-31(4)48(26-29(2)46(52)53,41-23-35-15-9-7-13-33(35)21-39(41)32(5)50-38)28-49(27-30(3)47(54)55)42-24-36-16-10-8-14-34(36)22-40(42)45-43(49)25-37-17-11-12-18-44(37)51-45/h7-25,29-31H,5-6,26-28H2,1-4H3,(H,52,53)(H,54,55)/b20-19-,50-38+. The second-order valence-electron chi connectivity index (χ2n) is 15.9. The maximum atomic E-state index is 13.1. The predicted octanol–water partition coefficient (Wildman–Crippen LogP) is 11.4. The monoisotopic (exact) mass is 726 g/mol. The van der Waals surface area contributed by atoms with E-state index in [-0.39, 0.29) is 5.92 Å². The summed E-state index contributed by atoms with van der Waals surface area (Å²) in [5, 5.41) is 26.6. The minimum atomic E-state index is -0.878. The average molecular weight is 727 g/mol. The molecular formula is C49H46N2O4. The van der Waals surface area contributed by atoms with Crippen LogP contribution in [0.1, 0.15) is 75.6 Å². The van der Waals surface area contributed by atoms with Gasteiger partial charge >= 0.3 is 11.9 Å². The predicted molar refractivity (Wildman–Crippen MR) is 224 cm³/mol. The molecule has 5 atom stereocenters. The number of para-hydroxylation sites is 1. The minimum absolute atomic E-state index is 0.199. The second kappa shape index (κ2) is 13.8. The summed E-state index contributed by atoms with van der Waals surface area (Å²) in [6, 6.07) is 35.7. The molecule has 0 fully saturated rings. The van der Waals surface area contributed by atoms with Crippen LogP contribution in [0.4, 0.5) is 0 Å². The third-order valence-electron chi connectivity index (χ3n) is 12.5. The average Bonchev–Trinajstić information content (AvgIpc) is 3.43. The lowest BCUT2D eigenvalue weighted by molar-refractivity contribution is -0.142. The maximum absolute atomic E-state index is 13.1. The molecule has 5 unspecified atom stereocenters. The molecule has 6 heteroatoms. The van der Waals surface area contributed by atoms with Gasteiger partial charge in [0.15, 0.2) is 0 Å². The van der Waals surface area contributed by atoms with Crippen LogP contribution in [0.2, 0.25) is 0 Å². The molecule has 1 aliphatic carbocycles. The van der Waals surface area contributed by atoms with Crippen LogP contribution in [0.3, 0.4) is 0 Å².